The van der Waals surface area contributed by atoms with Gasteiger partial charge in [0.15, 0.2) is 6.61 Å². The Bertz CT molecular complexity index is 738. The highest BCUT2D eigenvalue weighted by Gasteiger charge is 2.13. The number of ether oxygens (including phenoxy) is 1. The molecule has 0 saturated carbocycles. The Morgan fingerprint density at radius 3 is 2.38 bits per heavy atom. The van der Waals surface area contributed by atoms with Gasteiger partial charge in [0.25, 0.3) is 0 Å². The number of aliphatic carboxylic acids is 1. The zero-order valence-corrected chi connectivity index (χ0v) is 14.1. The van der Waals surface area contributed by atoms with E-state index in [2.05, 4.69) is 0 Å². The van der Waals surface area contributed by atoms with Crippen molar-refractivity contribution in [3.63, 3.8) is 0 Å². The minimum absolute atomic E-state index is 0.0112. The van der Waals surface area contributed by atoms with E-state index in [1.165, 1.54) is 0 Å². The second kappa shape index (κ2) is 7.64. The van der Waals surface area contributed by atoms with Crippen LogP contribution in [-0.4, -0.2) is 30.6 Å². The van der Waals surface area contributed by atoms with Gasteiger partial charge in [0.05, 0.1) is 6.42 Å². The Morgan fingerprint density at radius 2 is 1.75 bits per heavy atom. The van der Waals surface area contributed by atoms with E-state index in [-0.39, 0.29) is 12.5 Å². The molecule has 1 amide bonds. The monoisotopic (exact) mass is 327 g/mol. The van der Waals surface area contributed by atoms with Gasteiger partial charge in [0.1, 0.15) is 5.75 Å². The van der Waals surface area contributed by atoms with E-state index >= 15 is 0 Å². The highest BCUT2D eigenvalue weighted by Crippen LogP contribution is 2.20. The summed E-state index contributed by atoms with van der Waals surface area (Å²) in [5.74, 6) is -0.584. The number of carbonyl (C=O) groups excluding carboxylic acids is 1. The molecule has 1 N–H and O–H groups in total. The standard InChI is InChI=1S/C19H21NO4/c1-13-4-5-14(2)15(10-13)11-18(21)20(3)16-6-8-17(9-7-16)24-12-19(22)23/h4-10H,11-12H2,1-3H3,(H,22,23). The third-order valence-electron chi connectivity index (χ3n) is 3.81. The second-order valence-corrected chi connectivity index (χ2v) is 5.74. The number of aryl methyl sites for hydroxylation is 2. The second-order valence-electron chi connectivity index (χ2n) is 5.74. The van der Waals surface area contributed by atoms with E-state index in [0.717, 1.165) is 22.4 Å². The Kier molecular flexibility index (Phi) is 5.58. The summed E-state index contributed by atoms with van der Waals surface area (Å²) in [5.41, 5.74) is 3.98. The first-order chi connectivity index (χ1) is 11.4. The van der Waals surface area contributed by atoms with E-state index in [4.69, 9.17) is 9.84 Å². The highest BCUT2D eigenvalue weighted by molar-refractivity contribution is 5.94. The van der Waals surface area contributed by atoms with Crippen LogP contribution in [0, 0.1) is 13.8 Å². The van der Waals surface area contributed by atoms with Crippen LogP contribution >= 0.6 is 0 Å². The summed E-state index contributed by atoms with van der Waals surface area (Å²) >= 11 is 0. The molecule has 2 rings (SSSR count). The van der Waals surface area contributed by atoms with Crippen LogP contribution in [0.3, 0.4) is 0 Å². The molecule has 0 radical (unpaired) electrons. The molecule has 0 spiro atoms. The molecule has 0 aliphatic carbocycles. The number of anilines is 1. The number of amides is 1. The third-order valence-corrected chi connectivity index (χ3v) is 3.81. The number of carboxylic acids is 1. The van der Waals surface area contributed by atoms with Crippen molar-refractivity contribution in [3.05, 3.63) is 59.2 Å². The molecule has 24 heavy (non-hydrogen) atoms. The number of rotatable bonds is 6. The number of hydrogen-bond donors (Lipinski definition) is 1. The predicted molar refractivity (Wildman–Crippen MR) is 92.6 cm³/mol. The van der Waals surface area contributed by atoms with Crippen LogP contribution in [0.5, 0.6) is 5.75 Å². The van der Waals surface area contributed by atoms with Crippen molar-refractivity contribution in [2.75, 3.05) is 18.6 Å². The molecule has 2 aromatic rings. The van der Waals surface area contributed by atoms with Gasteiger partial charge in [-0.3, -0.25) is 4.79 Å². The molecule has 0 aromatic heterocycles. The first-order valence-electron chi connectivity index (χ1n) is 7.64. The molecule has 0 aliphatic rings. The molecule has 0 fully saturated rings. The zero-order chi connectivity index (χ0) is 17.7. The lowest BCUT2D eigenvalue weighted by molar-refractivity contribution is -0.139. The Balaban J connectivity index is 2.04. The Labute approximate surface area is 141 Å². The maximum atomic E-state index is 12.5. The van der Waals surface area contributed by atoms with Crippen molar-refractivity contribution < 1.29 is 19.4 Å². The van der Waals surface area contributed by atoms with Crippen LogP contribution in [-0.2, 0) is 16.0 Å². The fourth-order valence-corrected chi connectivity index (χ4v) is 2.33. The van der Waals surface area contributed by atoms with E-state index in [9.17, 15) is 9.59 Å². The van der Waals surface area contributed by atoms with Crippen LogP contribution in [0.25, 0.3) is 0 Å². The average molecular weight is 327 g/mol. The minimum Gasteiger partial charge on any atom is -0.482 e. The predicted octanol–water partition coefficient (Wildman–Crippen LogP) is 2.97. The van der Waals surface area contributed by atoms with Crippen LogP contribution < -0.4 is 9.64 Å². The van der Waals surface area contributed by atoms with Crippen molar-refractivity contribution in [2.24, 2.45) is 0 Å². The van der Waals surface area contributed by atoms with Crippen molar-refractivity contribution in [2.45, 2.75) is 20.3 Å². The van der Waals surface area contributed by atoms with Crippen molar-refractivity contribution >= 4 is 17.6 Å². The maximum Gasteiger partial charge on any atom is 0.341 e. The van der Waals surface area contributed by atoms with Gasteiger partial charge in [0.2, 0.25) is 5.91 Å². The number of hydrogen-bond acceptors (Lipinski definition) is 3. The first kappa shape index (κ1) is 17.5. The van der Waals surface area contributed by atoms with E-state index in [0.29, 0.717) is 12.2 Å². The summed E-state index contributed by atoms with van der Waals surface area (Å²) in [4.78, 5) is 24.6. The number of nitrogens with zero attached hydrogens (tertiary/aromatic N) is 1. The normalized spacial score (nSPS) is 10.3. The number of carbonyl (C=O) groups is 2. The molecular formula is C19H21NO4. The van der Waals surface area contributed by atoms with Gasteiger partial charge in [0, 0.05) is 12.7 Å². The lowest BCUT2D eigenvalue weighted by Gasteiger charge is -2.18. The molecule has 2 aromatic carbocycles. The van der Waals surface area contributed by atoms with Crippen LogP contribution in [0.2, 0.25) is 0 Å². The fourth-order valence-electron chi connectivity index (χ4n) is 2.33. The highest BCUT2D eigenvalue weighted by atomic mass is 16.5. The molecule has 0 bridgehead atoms. The largest absolute Gasteiger partial charge is 0.482 e. The minimum atomic E-state index is -1.03. The molecular weight excluding hydrogens is 306 g/mol. The third kappa shape index (κ3) is 4.59. The summed E-state index contributed by atoms with van der Waals surface area (Å²) in [7, 11) is 1.72. The average Bonchev–Trinajstić information content (AvgIpc) is 2.56. The topological polar surface area (TPSA) is 66.8 Å². The van der Waals surface area contributed by atoms with Crippen LogP contribution in [0.4, 0.5) is 5.69 Å². The summed E-state index contributed by atoms with van der Waals surface area (Å²) < 4.78 is 5.08. The fraction of sp³-hybridized carbons (Fsp3) is 0.263. The van der Waals surface area contributed by atoms with Crippen molar-refractivity contribution in [1.82, 2.24) is 0 Å². The van der Waals surface area contributed by atoms with Gasteiger partial charge >= 0.3 is 5.97 Å². The van der Waals surface area contributed by atoms with Gasteiger partial charge in [-0.2, -0.15) is 0 Å². The lowest BCUT2D eigenvalue weighted by Crippen LogP contribution is -2.28. The van der Waals surface area contributed by atoms with Gasteiger partial charge in [-0.25, -0.2) is 4.79 Å². The molecule has 0 atom stereocenters. The van der Waals surface area contributed by atoms with Gasteiger partial charge in [-0.1, -0.05) is 23.8 Å². The summed E-state index contributed by atoms with van der Waals surface area (Å²) in [6, 6.07) is 12.9. The summed E-state index contributed by atoms with van der Waals surface area (Å²) in [6.07, 6.45) is 0.335. The zero-order valence-electron chi connectivity index (χ0n) is 14.1. The smallest absolute Gasteiger partial charge is 0.341 e. The van der Waals surface area contributed by atoms with E-state index in [1.807, 2.05) is 32.0 Å². The number of benzene rings is 2. The van der Waals surface area contributed by atoms with Gasteiger partial charge in [-0.15, -0.1) is 0 Å². The van der Waals surface area contributed by atoms with Crippen LogP contribution in [0.15, 0.2) is 42.5 Å². The number of likely N-dealkylation sites (N-methyl/N-ethyl adjacent to an activating group) is 1. The maximum absolute atomic E-state index is 12.5. The number of carboxylic acid groups (broad SMARTS) is 1. The summed E-state index contributed by atoms with van der Waals surface area (Å²) in [5, 5.41) is 8.59. The SMILES string of the molecule is Cc1ccc(C)c(CC(=O)N(C)c2ccc(OCC(=O)O)cc2)c1. The Morgan fingerprint density at radius 1 is 1.08 bits per heavy atom. The quantitative estimate of drug-likeness (QED) is 0.886. The molecule has 0 aliphatic heterocycles. The molecule has 0 saturated heterocycles. The van der Waals surface area contributed by atoms with Gasteiger partial charge < -0.3 is 14.7 Å². The van der Waals surface area contributed by atoms with Crippen molar-refractivity contribution in [3.8, 4) is 5.75 Å². The van der Waals surface area contributed by atoms with Crippen molar-refractivity contribution in [1.29, 1.82) is 0 Å². The molecule has 126 valence electrons. The van der Waals surface area contributed by atoms with E-state index < -0.39 is 5.97 Å². The van der Waals surface area contributed by atoms with Gasteiger partial charge in [-0.05, 0) is 49.2 Å². The Hall–Kier alpha value is -2.82. The first-order valence-corrected chi connectivity index (χ1v) is 7.64. The lowest BCUT2D eigenvalue weighted by atomic mass is 10.0. The van der Waals surface area contributed by atoms with Crippen LogP contribution in [0.1, 0.15) is 16.7 Å². The molecule has 5 nitrogen and oxygen atoms in total. The molecule has 0 heterocycles. The summed E-state index contributed by atoms with van der Waals surface area (Å²) in [6.45, 7) is 3.62. The molecule has 0 unspecified atom stereocenters. The van der Waals surface area contributed by atoms with E-state index in [1.54, 1.807) is 36.2 Å². The molecule has 5 heteroatoms.